The highest BCUT2D eigenvalue weighted by Crippen LogP contribution is 2.41. The quantitative estimate of drug-likeness (QED) is 0.231. The predicted molar refractivity (Wildman–Crippen MR) is 142 cm³/mol. The summed E-state index contributed by atoms with van der Waals surface area (Å²) in [6.45, 7) is 4.37. The third-order valence-corrected chi connectivity index (χ3v) is 6.49. The third-order valence-electron chi connectivity index (χ3n) is 5.67. The second-order valence-corrected chi connectivity index (χ2v) is 9.04. The van der Waals surface area contributed by atoms with Crippen molar-refractivity contribution in [2.24, 2.45) is 0 Å². The van der Waals surface area contributed by atoms with Crippen LogP contribution in [0.1, 0.15) is 16.7 Å². The molecule has 0 saturated carbocycles. The van der Waals surface area contributed by atoms with Crippen LogP contribution in [0.3, 0.4) is 0 Å². The highest BCUT2D eigenvalue weighted by molar-refractivity contribution is 9.10. The van der Waals surface area contributed by atoms with Crippen molar-refractivity contribution in [2.45, 2.75) is 20.4 Å². The topological polar surface area (TPSA) is 74.7 Å². The molecule has 0 aliphatic rings. The standard InChI is InChI=1S/C26H25BrClN3O4/c1-14-6-9-20(33-4)15(2)24(14)35-26-23-18(11-22(28)31-26)19(27)13-30-25(23)29-12-16-7-8-17(32-3)10-21(16)34-5/h6-11,13H,12H2,1-5H3,(H,29,30). The molecule has 182 valence electrons. The summed E-state index contributed by atoms with van der Waals surface area (Å²) in [7, 11) is 4.88. The van der Waals surface area contributed by atoms with Gasteiger partial charge in [0.25, 0.3) is 0 Å². The van der Waals surface area contributed by atoms with E-state index in [1.54, 1.807) is 33.6 Å². The molecule has 0 spiro atoms. The van der Waals surface area contributed by atoms with Gasteiger partial charge < -0.3 is 24.3 Å². The lowest BCUT2D eigenvalue weighted by molar-refractivity contribution is 0.391. The van der Waals surface area contributed by atoms with Gasteiger partial charge in [0.15, 0.2) is 0 Å². The van der Waals surface area contributed by atoms with E-state index < -0.39 is 0 Å². The van der Waals surface area contributed by atoms with E-state index in [0.717, 1.165) is 38.0 Å². The van der Waals surface area contributed by atoms with E-state index in [1.165, 1.54) is 0 Å². The molecule has 0 atom stereocenters. The number of anilines is 1. The van der Waals surface area contributed by atoms with Gasteiger partial charge in [0.2, 0.25) is 5.88 Å². The van der Waals surface area contributed by atoms with Crippen molar-refractivity contribution in [2.75, 3.05) is 26.6 Å². The van der Waals surface area contributed by atoms with E-state index in [2.05, 4.69) is 31.2 Å². The predicted octanol–water partition coefficient (Wildman–Crippen LogP) is 7.09. The van der Waals surface area contributed by atoms with Crippen LogP contribution >= 0.6 is 27.5 Å². The normalized spacial score (nSPS) is 10.8. The molecule has 0 fully saturated rings. The van der Waals surface area contributed by atoms with E-state index in [0.29, 0.717) is 40.3 Å². The molecule has 7 nitrogen and oxygen atoms in total. The lowest BCUT2D eigenvalue weighted by Crippen LogP contribution is -2.05. The van der Waals surface area contributed by atoms with Crippen LogP contribution in [0.2, 0.25) is 5.15 Å². The monoisotopic (exact) mass is 557 g/mol. The average molecular weight is 559 g/mol. The molecule has 0 aliphatic heterocycles. The van der Waals surface area contributed by atoms with Crippen molar-refractivity contribution in [3.05, 3.63) is 68.9 Å². The van der Waals surface area contributed by atoms with Crippen molar-refractivity contribution in [1.29, 1.82) is 0 Å². The Morgan fingerprint density at radius 1 is 0.971 bits per heavy atom. The fourth-order valence-electron chi connectivity index (χ4n) is 3.83. The number of methoxy groups -OCH3 is 3. The number of nitrogens with one attached hydrogen (secondary N) is 1. The maximum Gasteiger partial charge on any atom is 0.232 e. The molecule has 2 aromatic carbocycles. The summed E-state index contributed by atoms with van der Waals surface area (Å²) in [5, 5.41) is 5.22. The highest BCUT2D eigenvalue weighted by Gasteiger charge is 2.19. The number of hydrogen-bond acceptors (Lipinski definition) is 7. The number of nitrogens with zero attached hydrogens (tertiary/aromatic N) is 2. The minimum Gasteiger partial charge on any atom is -0.497 e. The Bertz CT molecular complexity index is 1400. The Balaban J connectivity index is 1.79. The minimum atomic E-state index is 0.306. The molecule has 35 heavy (non-hydrogen) atoms. The first-order chi connectivity index (χ1) is 16.9. The first kappa shape index (κ1) is 24.9. The van der Waals surface area contributed by atoms with Gasteiger partial charge in [-0.15, -0.1) is 0 Å². The summed E-state index contributed by atoms with van der Waals surface area (Å²) in [5.41, 5.74) is 2.75. The summed E-state index contributed by atoms with van der Waals surface area (Å²) in [5.74, 6) is 3.74. The first-order valence-corrected chi connectivity index (χ1v) is 11.9. The Hall–Kier alpha value is -3.23. The zero-order valence-corrected chi connectivity index (χ0v) is 22.4. The van der Waals surface area contributed by atoms with Gasteiger partial charge in [-0.05, 0) is 59.6 Å². The average Bonchev–Trinajstić information content (AvgIpc) is 2.86. The molecule has 0 radical (unpaired) electrons. The Morgan fingerprint density at radius 3 is 2.46 bits per heavy atom. The van der Waals surface area contributed by atoms with Crippen molar-refractivity contribution >= 4 is 44.1 Å². The molecule has 0 unspecified atom stereocenters. The number of rotatable bonds is 8. The van der Waals surface area contributed by atoms with Crippen LogP contribution in [0.15, 0.2) is 47.1 Å². The van der Waals surface area contributed by atoms with E-state index in [4.69, 9.17) is 30.5 Å². The van der Waals surface area contributed by atoms with Gasteiger partial charge in [-0.25, -0.2) is 9.97 Å². The molecular formula is C26H25BrClN3O4. The van der Waals surface area contributed by atoms with Crippen LogP contribution in [-0.2, 0) is 6.54 Å². The van der Waals surface area contributed by atoms with Gasteiger partial charge in [0.05, 0.1) is 26.7 Å². The molecule has 2 heterocycles. The van der Waals surface area contributed by atoms with E-state index in [9.17, 15) is 0 Å². The lowest BCUT2D eigenvalue weighted by Gasteiger charge is -2.18. The largest absolute Gasteiger partial charge is 0.497 e. The SMILES string of the molecule is COc1ccc(CNc2ncc(Br)c3cc(Cl)nc(Oc4c(C)ccc(OC)c4C)c23)c(OC)c1. The van der Waals surface area contributed by atoms with Crippen LogP contribution < -0.4 is 24.3 Å². The van der Waals surface area contributed by atoms with Gasteiger partial charge in [0, 0.05) is 39.8 Å². The molecule has 4 rings (SSSR count). The second kappa shape index (κ2) is 10.6. The summed E-state index contributed by atoms with van der Waals surface area (Å²) in [4.78, 5) is 9.12. The fraction of sp³-hybridized carbons (Fsp3) is 0.231. The first-order valence-electron chi connectivity index (χ1n) is 10.8. The molecule has 0 bridgehead atoms. The van der Waals surface area contributed by atoms with Crippen LogP contribution in [0, 0.1) is 13.8 Å². The zero-order chi connectivity index (χ0) is 25.1. The van der Waals surface area contributed by atoms with Crippen LogP contribution in [-0.4, -0.2) is 31.3 Å². The number of hydrogen-bond donors (Lipinski definition) is 1. The number of halogens is 2. The molecule has 0 amide bonds. The number of ether oxygens (including phenoxy) is 4. The van der Waals surface area contributed by atoms with Crippen molar-refractivity contribution in [3.8, 4) is 28.9 Å². The van der Waals surface area contributed by atoms with Gasteiger partial charge in [-0.1, -0.05) is 17.7 Å². The molecule has 0 aliphatic carbocycles. The van der Waals surface area contributed by atoms with Crippen LogP contribution in [0.4, 0.5) is 5.82 Å². The molecule has 4 aromatic rings. The van der Waals surface area contributed by atoms with Gasteiger partial charge in [-0.3, -0.25) is 0 Å². The fourth-order valence-corrected chi connectivity index (χ4v) is 4.43. The van der Waals surface area contributed by atoms with E-state index in [-0.39, 0.29) is 0 Å². The molecular weight excluding hydrogens is 534 g/mol. The van der Waals surface area contributed by atoms with Gasteiger partial charge in [0.1, 0.15) is 34.0 Å². The van der Waals surface area contributed by atoms with Crippen LogP contribution in [0.5, 0.6) is 28.9 Å². The van der Waals surface area contributed by atoms with Crippen LogP contribution in [0.25, 0.3) is 10.8 Å². The molecule has 1 N–H and O–H groups in total. The Labute approximate surface area is 217 Å². The molecule has 2 aromatic heterocycles. The number of fused-ring (bicyclic) bond motifs is 1. The smallest absolute Gasteiger partial charge is 0.232 e. The number of pyridine rings is 2. The summed E-state index contributed by atoms with van der Waals surface area (Å²) in [6.07, 6.45) is 1.72. The third kappa shape index (κ3) is 5.09. The maximum absolute atomic E-state index is 6.39. The number of aryl methyl sites for hydroxylation is 1. The minimum absolute atomic E-state index is 0.306. The second-order valence-electron chi connectivity index (χ2n) is 7.80. The van der Waals surface area contributed by atoms with Crippen molar-refractivity contribution < 1.29 is 18.9 Å². The molecule has 9 heteroatoms. The Morgan fingerprint density at radius 2 is 1.74 bits per heavy atom. The van der Waals surface area contributed by atoms with Crippen molar-refractivity contribution in [1.82, 2.24) is 9.97 Å². The molecule has 0 saturated heterocycles. The summed E-state index contributed by atoms with van der Waals surface area (Å²) >= 11 is 9.97. The summed E-state index contributed by atoms with van der Waals surface area (Å²) < 4.78 is 23.5. The van der Waals surface area contributed by atoms with Crippen molar-refractivity contribution in [3.63, 3.8) is 0 Å². The lowest BCUT2D eigenvalue weighted by atomic mass is 10.1. The maximum atomic E-state index is 6.39. The zero-order valence-electron chi connectivity index (χ0n) is 20.0. The van der Waals surface area contributed by atoms with E-state index in [1.807, 2.05) is 44.2 Å². The van der Waals surface area contributed by atoms with Gasteiger partial charge in [-0.2, -0.15) is 0 Å². The number of benzene rings is 2. The van der Waals surface area contributed by atoms with Gasteiger partial charge >= 0.3 is 0 Å². The number of aromatic nitrogens is 2. The summed E-state index contributed by atoms with van der Waals surface area (Å²) in [6, 6.07) is 11.3. The van der Waals surface area contributed by atoms with E-state index >= 15 is 0 Å². The Kier molecular flexibility index (Phi) is 7.52. The highest BCUT2D eigenvalue weighted by atomic mass is 79.9.